The summed E-state index contributed by atoms with van der Waals surface area (Å²) in [6.45, 7) is 5.26. The standard InChI is InChI=1S/C29H38N2O8/c1-5-16-36-26-19(2)39-29(34)23(13-9-12-22(26)17-21-10-7-6-8-11-21)31-28(33)25-27(38-18-37-20(3)32)24(35-4)14-15-30-25/h6-8,10-11,14-15,19,22-23,26H,5,9,12-13,16-18H2,1-4H3,(H,31,33)/t19-,22+,23-,26-/m0/s1. The van der Waals surface area contributed by atoms with Gasteiger partial charge in [-0.2, -0.15) is 0 Å². The second-order valence-corrected chi connectivity index (χ2v) is 9.47. The van der Waals surface area contributed by atoms with Crippen molar-refractivity contribution < 1.29 is 38.1 Å². The van der Waals surface area contributed by atoms with Crippen LogP contribution in [0.1, 0.15) is 62.5 Å². The van der Waals surface area contributed by atoms with Gasteiger partial charge < -0.3 is 29.0 Å². The minimum atomic E-state index is -0.892. The maximum atomic E-state index is 13.3. The van der Waals surface area contributed by atoms with Gasteiger partial charge in [-0.1, -0.05) is 43.7 Å². The predicted molar refractivity (Wildman–Crippen MR) is 142 cm³/mol. The van der Waals surface area contributed by atoms with Crippen molar-refractivity contribution in [3.05, 3.63) is 53.9 Å². The van der Waals surface area contributed by atoms with Crippen molar-refractivity contribution in [3.63, 3.8) is 0 Å². The summed E-state index contributed by atoms with van der Waals surface area (Å²) in [6, 6.07) is 10.8. The fraction of sp³-hybridized carbons (Fsp3) is 0.517. The van der Waals surface area contributed by atoms with E-state index in [0.717, 1.165) is 19.3 Å². The van der Waals surface area contributed by atoms with Gasteiger partial charge in [-0.05, 0) is 44.1 Å². The molecule has 1 aliphatic heterocycles. The number of carbonyl (C=O) groups excluding carboxylic acids is 3. The number of nitrogens with one attached hydrogen (secondary N) is 1. The van der Waals surface area contributed by atoms with Gasteiger partial charge in [0.2, 0.25) is 6.79 Å². The topological polar surface area (TPSA) is 122 Å². The molecule has 2 aromatic rings. The summed E-state index contributed by atoms with van der Waals surface area (Å²) in [5.41, 5.74) is 1.09. The highest BCUT2D eigenvalue weighted by atomic mass is 16.7. The highest BCUT2D eigenvalue weighted by molar-refractivity contribution is 5.98. The number of aromatic nitrogens is 1. The summed E-state index contributed by atoms with van der Waals surface area (Å²) in [5.74, 6) is -1.35. The van der Waals surface area contributed by atoms with E-state index in [2.05, 4.69) is 22.4 Å². The third-order valence-electron chi connectivity index (χ3n) is 6.51. The maximum absolute atomic E-state index is 13.3. The van der Waals surface area contributed by atoms with Crippen LogP contribution in [-0.2, 0) is 30.2 Å². The molecule has 10 nitrogen and oxygen atoms in total. The molecule has 1 amide bonds. The maximum Gasteiger partial charge on any atom is 0.329 e. The molecular weight excluding hydrogens is 504 g/mol. The first-order valence-electron chi connectivity index (χ1n) is 13.3. The largest absolute Gasteiger partial charge is 0.493 e. The first kappa shape index (κ1) is 29.9. The Labute approximate surface area is 229 Å². The first-order chi connectivity index (χ1) is 18.8. The van der Waals surface area contributed by atoms with Crippen LogP contribution >= 0.6 is 0 Å². The van der Waals surface area contributed by atoms with Crippen LogP contribution in [0, 0.1) is 5.92 Å². The number of ether oxygens (including phenoxy) is 5. The Morgan fingerprint density at radius 2 is 1.92 bits per heavy atom. The minimum Gasteiger partial charge on any atom is -0.493 e. The molecule has 1 aromatic carbocycles. The summed E-state index contributed by atoms with van der Waals surface area (Å²) in [7, 11) is 1.41. The molecule has 4 atom stereocenters. The number of nitrogens with zero attached hydrogens (tertiary/aromatic N) is 1. The molecule has 0 unspecified atom stereocenters. The molecular formula is C29H38N2O8. The van der Waals surface area contributed by atoms with Crippen LogP contribution in [0.3, 0.4) is 0 Å². The van der Waals surface area contributed by atoms with Crippen molar-refractivity contribution in [2.75, 3.05) is 20.5 Å². The van der Waals surface area contributed by atoms with Crippen LogP contribution in [0.25, 0.3) is 0 Å². The number of hydrogen-bond donors (Lipinski definition) is 1. The Morgan fingerprint density at radius 1 is 1.15 bits per heavy atom. The molecule has 39 heavy (non-hydrogen) atoms. The molecule has 3 rings (SSSR count). The normalized spacial score (nSPS) is 21.5. The Balaban J connectivity index is 1.77. The molecule has 1 N–H and O–H groups in total. The number of hydrogen-bond acceptors (Lipinski definition) is 9. The number of esters is 2. The predicted octanol–water partition coefficient (Wildman–Crippen LogP) is 3.86. The molecule has 10 heteroatoms. The van der Waals surface area contributed by atoms with E-state index in [1.165, 1.54) is 31.9 Å². The van der Waals surface area contributed by atoms with Crippen LogP contribution in [0.2, 0.25) is 0 Å². The van der Waals surface area contributed by atoms with E-state index in [4.69, 9.17) is 23.7 Å². The van der Waals surface area contributed by atoms with Crippen molar-refractivity contribution >= 4 is 17.8 Å². The van der Waals surface area contributed by atoms with Crippen LogP contribution < -0.4 is 14.8 Å². The van der Waals surface area contributed by atoms with E-state index in [0.29, 0.717) is 19.4 Å². The molecule has 0 saturated carbocycles. The van der Waals surface area contributed by atoms with Gasteiger partial charge in [0.15, 0.2) is 17.2 Å². The Kier molecular flexibility index (Phi) is 11.5. The molecule has 0 aliphatic carbocycles. The number of methoxy groups -OCH3 is 1. The smallest absolute Gasteiger partial charge is 0.329 e. The summed E-state index contributed by atoms with van der Waals surface area (Å²) in [5, 5.41) is 2.75. The number of amides is 1. The third kappa shape index (κ3) is 8.68. The van der Waals surface area contributed by atoms with Crippen molar-refractivity contribution in [1.29, 1.82) is 0 Å². The van der Waals surface area contributed by atoms with Gasteiger partial charge in [-0.15, -0.1) is 0 Å². The summed E-state index contributed by atoms with van der Waals surface area (Å²) in [4.78, 5) is 41.7. The van der Waals surface area contributed by atoms with E-state index in [1.54, 1.807) is 0 Å². The molecule has 0 spiro atoms. The highest BCUT2D eigenvalue weighted by Crippen LogP contribution is 2.31. The zero-order valence-corrected chi connectivity index (χ0v) is 23.0. The lowest BCUT2D eigenvalue weighted by molar-refractivity contribution is -0.160. The van der Waals surface area contributed by atoms with Gasteiger partial charge in [0.1, 0.15) is 12.1 Å². The van der Waals surface area contributed by atoms with Crippen LogP contribution in [0.5, 0.6) is 11.5 Å². The molecule has 212 valence electrons. The van der Waals surface area contributed by atoms with Gasteiger partial charge in [0, 0.05) is 25.8 Å². The third-order valence-corrected chi connectivity index (χ3v) is 6.51. The average Bonchev–Trinajstić information content (AvgIpc) is 2.96. The molecule has 1 saturated heterocycles. The Hall–Kier alpha value is -3.66. The number of benzene rings is 1. The Morgan fingerprint density at radius 3 is 2.62 bits per heavy atom. The van der Waals surface area contributed by atoms with Crippen molar-refractivity contribution in [3.8, 4) is 11.5 Å². The second kappa shape index (κ2) is 15.1. The molecule has 1 aromatic heterocycles. The van der Waals surface area contributed by atoms with E-state index in [9.17, 15) is 14.4 Å². The summed E-state index contributed by atoms with van der Waals surface area (Å²) in [6.07, 6.45) is 4.12. The number of rotatable bonds is 11. The van der Waals surface area contributed by atoms with Crippen LogP contribution in [0.15, 0.2) is 42.6 Å². The van der Waals surface area contributed by atoms with Crippen molar-refractivity contribution in [2.45, 2.75) is 71.1 Å². The SMILES string of the molecule is CCCO[C@@H]1[C@@H](Cc2ccccc2)CCC[C@H](NC(=O)c2nccc(OC)c2OCOC(C)=O)C(=O)O[C@H]1C. The second-order valence-electron chi connectivity index (χ2n) is 9.47. The van der Waals surface area contributed by atoms with Gasteiger partial charge in [-0.3, -0.25) is 9.59 Å². The zero-order chi connectivity index (χ0) is 28.2. The number of cyclic esters (lactones) is 1. The minimum absolute atomic E-state index is 0.000457. The fourth-order valence-electron chi connectivity index (χ4n) is 4.66. The fourth-order valence-corrected chi connectivity index (χ4v) is 4.66. The lowest BCUT2D eigenvalue weighted by atomic mass is 9.87. The lowest BCUT2D eigenvalue weighted by Crippen LogP contribution is -2.44. The summed E-state index contributed by atoms with van der Waals surface area (Å²) >= 11 is 0. The van der Waals surface area contributed by atoms with Gasteiger partial charge in [-0.25, -0.2) is 9.78 Å². The quantitative estimate of drug-likeness (QED) is 0.333. The van der Waals surface area contributed by atoms with E-state index < -0.39 is 36.8 Å². The van der Waals surface area contributed by atoms with Crippen molar-refractivity contribution in [2.24, 2.45) is 5.92 Å². The van der Waals surface area contributed by atoms with Gasteiger partial charge in [0.25, 0.3) is 5.91 Å². The van der Waals surface area contributed by atoms with E-state index in [-0.39, 0.29) is 29.2 Å². The lowest BCUT2D eigenvalue weighted by Gasteiger charge is -2.31. The number of pyridine rings is 1. The molecule has 1 aliphatic rings. The number of carbonyl (C=O) groups is 3. The monoisotopic (exact) mass is 542 g/mol. The van der Waals surface area contributed by atoms with Crippen LogP contribution in [0.4, 0.5) is 0 Å². The summed E-state index contributed by atoms with van der Waals surface area (Å²) < 4.78 is 27.7. The van der Waals surface area contributed by atoms with Gasteiger partial charge in [0.05, 0.1) is 13.2 Å². The van der Waals surface area contributed by atoms with Crippen molar-refractivity contribution in [1.82, 2.24) is 10.3 Å². The molecule has 0 bridgehead atoms. The van der Waals surface area contributed by atoms with E-state index >= 15 is 0 Å². The highest BCUT2D eigenvalue weighted by Gasteiger charge is 2.35. The zero-order valence-electron chi connectivity index (χ0n) is 23.0. The molecule has 0 radical (unpaired) electrons. The van der Waals surface area contributed by atoms with Crippen LogP contribution in [-0.4, -0.2) is 61.6 Å². The first-order valence-corrected chi connectivity index (χ1v) is 13.3. The Bertz CT molecular complexity index is 1090. The average molecular weight is 543 g/mol. The van der Waals surface area contributed by atoms with Gasteiger partial charge >= 0.3 is 11.9 Å². The van der Waals surface area contributed by atoms with E-state index in [1.807, 2.05) is 32.0 Å². The molecule has 1 fully saturated rings. The molecule has 2 heterocycles.